The Kier molecular flexibility index (Phi) is 6.46. The van der Waals surface area contributed by atoms with E-state index in [1.54, 1.807) is 28.9 Å². The van der Waals surface area contributed by atoms with Gasteiger partial charge >= 0.3 is 0 Å². The summed E-state index contributed by atoms with van der Waals surface area (Å²) in [5, 5.41) is 13.5. The second-order valence-electron chi connectivity index (χ2n) is 7.94. The molecule has 4 rings (SSSR count). The third-order valence-electron chi connectivity index (χ3n) is 5.64. The second kappa shape index (κ2) is 9.46. The van der Waals surface area contributed by atoms with E-state index in [4.69, 9.17) is 11.6 Å². The Morgan fingerprint density at radius 3 is 2.64 bits per heavy atom. The highest BCUT2D eigenvalue weighted by Crippen LogP contribution is 2.24. The number of aryl methyl sites for hydroxylation is 1. The van der Waals surface area contributed by atoms with E-state index in [0.29, 0.717) is 34.2 Å². The average molecular weight is 466 g/mol. The number of rotatable bonds is 6. The molecule has 0 saturated carbocycles. The molecule has 1 aliphatic heterocycles. The molecule has 8 nitrogen and oxygen atoms in total. The third-order valence-corrected chi connectivity index (χ3v) is 6.00. The third kappa shape index (κ3) is 4.90. The average Bonchev–Trinajstić information content (AvgIpc) is 2.97. The lowest BCUT2D eigenvalue weighted by atomic mass is 10.1. The fraction of sp³-hybridized carbons (Fsp3) is 0.250. The molecule has 2 heterocycles. The highest BCUT2D eigenvalue weighted by atomic mass is 35.5. The number of halogens is 1. The molecule has 1 aliphatic rings. The van der Waals surface area contributed by atoms with Gasteiger partial charge in [0.1, 0.15) is 6.04 Å². The SMILES string of the molecule is Cc1nn(Cc2ccccc2Cl)c(C)c1NC(=O)CC[C@H]1NC(=O)c2ccccc2NC1=O. The molecule has 0 unspecified atom stereocenters. The standard InChI is InChI=1S/C24H24ClN5O3/c1-14-22(15(2)30(29-14)13-16-7-3-5-9-18(16)25)28-21(31)12-11-20-24(33)26-19-10-6-4-8-17(19)23(32)27-20/h3-10,20H,11-13H2,1-2H3,(H,26,33)(H,27,32)(H,28,31)/t20-/m1/s1. The maximum Gasteiger partial charge on any atom is 0.254 e. The molecule has 2 aromatic carbocycles. The van der Waals surface area contributed by atoms with Gasteiger partial charge in [0, 0.05) is 11.4 Å². The predicted octanol–water partition coefficient (Wildman–Crippen LogP) is 3.67. The predicted molar refractivity (Wildman–Crippen MR) is 126 cm³/mol. The van der Waals surface area contributed by atoms with Gasteiger partial charge in [-0.15, -0.1) is 0 Å². The summed E-state index contributed by atoms with van der Waals surface area (Å²) >= 11 is 6.26. The van der Waals surface area contributed by atoms with Gasteiger partial charge in [-0.3, -0.25) is 19.1 Å². The van der Waals surface area contributed by atoms with E-state index >= 15 is 0 Å². The molecule has 0 aliphatic carbocycles. The van der Waals surface area contributed by atoms with Crippen LogP contribution in [0.3, 0.4) is 0 Å². The lowest BCUT2D eigenvalue weighted by molar-refractivity contribution is -0.118. The zero-order valence-corrected chi connectivity index (χ0v) is 19.1. The highest BCUT2D eigenvalue weighted by Gasteiger charge is 2.28. The molecule has 33 heavy (non-hydrogen) atoms. The van der Waals surface area contributed by atoms with Gasteiger partial charge < -0.3 is 16.0 Å². The second-order valence-corrected chi connectivity index (χ2v) is 8.35. The van der Waals surface area contributed by atoms with Crippen molar-refractivity contribution in [2.24, 2.45) is 0 Å². The first-order valence-corrected chi connectivity index (χ1v) is 11.0. The zero-order valence-electron chi connectivity index (χ0n) is 18.3. The van der Waals surface area contributed by atoms with Crippen molar-refractivity contribution >= 4 is 40.7 Å². The van der Waals surface area contributed by atoms with Gasteiger partial charge in [0.25, 0.3) is 5.91 Å². The van der Waals surface area contributed by atoms with Crippen molar-refractivity contribution in [1.82, 2.24) is 15.1 Å². The smallest absolute Gasteiger partial charge is 0.254 e. The lowest BCUT2D eigenvalue weighted by Gasteiger charge is -2.14. The number of para-hydroxylation sites is 1. The first kappa shape index (κ1) is 22.5. The van der Waals surface area contributed by atoms with Crippen LogP contribution in [0.5, 0.6) is 0 Å². The number of nitrogens with zero attached hydrogens (tertiary/aromatic N) is 2. The van der Waals surface area contributed by atoms with Crippen molar-refractivity contribution in [3.05, 3.63) is 76.1 Å². The largest absolute Gasteiger partial charge is 0.340 e. The minimum absolute atomic E-state index is 0.0588. The number of fused-ring (bicyclic) bond motifs is 1. The molecule has 0 fully saturated rings. The van der Waals surface area contributed by atoms with Crippen molar-refractivity contribution in [1.29, 1.82) is 0 Å². The number of carbonyl (C=O) groups is 3. The Balaban J connectivity index is 1.39. The lowest BCUT2D eigenvalue weighted by Crippen LogP contribution is -2.41. The molecule has 0 spiro atoms. The summed E-state index contributed by atoms with van der Waals surface area (Å²) in [6.07, 6.45) is 0.229. The van der Waals surface area contributed by atoms with Crippen molar-refractivity contribution in [2.75, 3.05) is 10.6 Å². The van der Waals surface area contributed by atoms with Gasteiger partial charge in [-0.1, -0.05) is 41.9 Å². The number of amides is 3. The Bertz CT molecular complexity index is 1240. The topological polar surface area (TPSA) is 105 Å². The summed E-state index contributed by atoms with van der Waals surface area (Å²) in [5.74, 6) is -0.953. The molecule has 170 valence electrons. The molecule has 3 aromatic rings. The van der Waals surface area contributed by atoms with Crippen LogP contribution in [-0.4, -0.2) is 33.5 Å². The van der Waals surface area contributed by atoms with Crippen LogP contribution in [0.15, 0.2) is 48.5 Å². The van der Waals surface area contributed by atoms with Gasteiger partial charge in [0.2, 0.25) is 11.8 Å². The van der Waals surface area contributed by atoms with E-state index in [-0.39, 0.29) is 30.6 Å². The van der Waals surface area contributed by atoms with Crippen LogP contribution in [0.25, 0.3) is 0 Å². The quantitative estimate of drug-likeness (QED) is 0.516. The number of hydrogen-bond acceptors (Lipinski definition) is 4. The van der Waals surface area contributed by atoms with E-state index < -0.39 is 6.04 Å². The van der Waals surface area contributed by atoms with E-state index in [2.05, 4.69) is 21.0 Å². The van der Waals surface area contributed by atoms with Crippen molar-refractivity contribution in [2.45, 2.75) is 39.3 Å². The summed E-state index contributed by atoms with van der Waals surface area (Å²) in [5.41, 5.74) is 3.91. The number of anilines is 2. The summed E-state index contributed by atoms with van der Waals surface area (Å²) in [6.45, 7) is 4.18. The minimum Gasteiger partial charge on any atom is -0.340 e. The first-order chi connectivity index (χ1) is 15.8. The monoisotopic (exact) mass is 465 g/mol. The Morgan fingerprint density at radius 2 is 1.85 bits per heavy atom. The molecule has 0 radical (unpaired) electrons. The summed E-state index contributed by atoms with van der Waals surface area (Å²) in [7, 11) is 0. The van der Waals surface area contributed by atoms with Crippen LogP contribution in [0.4, 0.5) is 11.4 Å². The first-order valence-electron chi connectivity index (χ1n) is 10.6. The molecule has 0 saturated heterocycles. The molecule has 3 amide bonds. The molecular weight excluding hydrogens is 442 g/mol. The Labute approximate surface area is 196 Å². The van der Waals surface area contributed by atoms with Gasteiger partial charge in [-0.05, 0) is 44.0 Å². The zero-order chi connectivity index (χ0) is 23.5. The van der Waals surface area contributed by atoms with Crippen LogP contribution in [0.2, 0.25) is 5.02 Å². The van der Waals surface area contributed by atoms with Gasteiger partial charge in [-0.25, -0.2) is 0 Å². The van der Waals surface area contributed by atoms with E-state index in [9.17, 15) is 14.4 Å². The van der Waals surface area contributed by atoms with Crippen LogP contribution in [0.1, 0.15) is 40.2 Å². The summed E-state index contributed by atoms with van der Waals surface area (Å²) in [4.78, 5) is 37.6. The normalized spacial score (nSPS) is 15.3. The highest BCUT2D eigenvalue weighted by molar-refractivity contribution is 6.31. The van der Waals surface area contributed by atoms with E-state index in [0.717, 1.165) is 11.3 Å². The molecular formula is C24H24ClN5O3. The van der Waals surface area contributed by atoms with Crippen molar-refractivity contribution in [3.8, 4) is 0 Å². The number of nitrogens with one attached hydrogen (secondary N) is 3. The maximum atomic E-state index is 12.7. The molecule has 3 N–H and O–H groups in total. The number of benzene rings is 2. The minimum atomic E-state index is -0.805. The van der Waals surface area contributed by atoms with E-state index in [1.165, 1.54) is 0 Å². The van der Waals surface area contributed by atoms with Gasteiger partial charge in [-0.2, -0.15) is 5.10 Å². The maximum absolute atomic E-state index is 12.7. The summed E-state index contributed by atoms with van der Waals surface area (Å²) in [6, 6.07) is 13.5. The molecule has 1 atom stereocenters. The molecule has 9 heteroatoms. The number of hydrogen-bond donors (Lipinski definition) is 3. The van der Waals surface area contributed by atoms with Crippen molar-refractivity contribution < 1.29 is 14.4 Å². The van der Waals surface area contributed by atoms with Crippen LogP contribution in [0, 0.1) is 13.8 Å². The number of carbonyl (C=O) groups excluding carboxylic acids is 3. The van der Waals surface area contributed by atoms with Crippen LogP contribution in [-0.2, 0) is 16.1 Å². The fourth-order valence-electron chi connectivity index (χ4n) is 3.81. The van der Waals surface area contributed by atoms with E-state index in [1.807, 2.05) is 38.1 Å². The number of aromatic nitrogens is 2. The van der Waals surface area contributed by atoms with Crippen LogP contribution < -0.4 is 16.0 Å². The van der Waals surface area contributed by atoms with Gasteiger partial charge in [0.05, 0.1) is 34.9 Å². The summed E-state index contributed by atoms with van der Waals surface area (Å²) < 4.78 is 1.79. The van der Waals surface area contributed by atoms with Crippen LogP contribution >= 0.6 is 11.6 Å². The van der Waals surface area contributed by atoms with Gasteiger partial charge in [0.15, 0.2) is 0 Å². The molecule has 1 aromatic heterocycles. The Hall–Kier alpha value is -3.65. The molecule has 0 bridgehead atoms. The van der Waals surface area contributed by atoms with Crippen molar-refractivity contribution in [3.63, 3.8) is 0 Å². The fourth-order valence-corrected chi connectivity index (χ4v) is 4.01. The Morgan fingerprint density at radius 1 is 1.12 bits per heavy atom.